The van der Waals surface area contributed by atoms with Crippen molar-refractivity contribution in [2.24, 2.45) is 0 Å². The molecule has 0 N–H and O–H groups in total. The number of ether oxygens (including phenoxy) is 4. The topological polar surface area (TPSA) is 49.9 Å². The van der Waals surface area contributed by atoms with Crippen LogP contribution in [0.5, 0.6) is 46.0 Å². The fourth-order valence-corrected chi connectivity index (χ4v) is 16.1. The van der Waals surface area contributed by atoms with E-state index in [1.165, 1.54) is 52.4 Å². The molecule has 12 heteroatoms. The summed E-state index contributed by atoms with van der Waals surface area (Å²) in [4.78, 5) is 14.6. The van der Waals surface area contributed by atoms with Crippen LogP contribution in [0.4, 0.5) is 68.2 Å². The molecule has 11 aromatic rings. The van der Waals surface area contributed by atoms with E-state index in [1.54, 1.807) is 0 Å². The van der Waals surface area contributed by atoms with E-state index in [9.17, 15) is 0 Å². The molecular weight excluding hydrogens is 999 g/mol. The normalized spacial score (nSPS) is 14.8. The second-order valence-corrected chi connectivity index (χ2v) is 22.9. The zero-order valence-corrected chi connectivity index (χ0v) is 42.8. The maximum Gasteiger partial charge on any atom is 0.249 e. The molecular formula is C66H36B2N4O4S2. The Kier molecular flexibility index (Phi) is 8.15. The van der Waals surface area contributed by atoms with E-state index in [4.69, 9.17) is 18.9 Å². The minimum Gasteiger partial charge on any atom is -0.453 e. The SMILES string of the molecule is c1ccc2c(c1)Oc1ccccc1N2c1cc2c3c(c1)N1c4ccccc4Oc4cccc(c41)B3c1cc3c(cc1S2)Sc1cc(N2c4ccccc4Oc4ccccc42)cc2c1B3c1cccc3c1N2c1ccccc1O3. The van der Waals surface area contributed by atoms with Gasteiger partial charge >= 0.3 is 0 Å². The molecule has 11 aromatic carbocycles. The first-order valence-electron chi connectivity index (χ1n) is 26.3. The summed E-state index contributed by atoms with van der Waals surface area (Å²) in [5.41, 5.74) is 20.2. The third-order valence-electron chi connectivity index (χ3n) is 16.6. The van der Waals surface area contributed by atoms with Crippen LogP contribution in [0.3, 0.4) is 0 Å². The maximum absolute atomic E-state index is 6.88. The Morgan fingerprint density at radius 2 is 0.577 bits per heavy atom. The fourth-order valence-electron chi connectivity index (χ4n) is 13.6. The van der Waals surface area contributed by atoms with Crippen LogP contribution in [0.25, 0.3) is 0 Å². The van der Waals surface area contributed by atoms with Crippen molar-refractivity contribution in [3.63, 3.8) is 0 Å². The lowest BCUT2D eigenvalue weighted by Crippen LogP contribution is -2.64. The van der Waals surface area contributed by atoms with E-state index in [0.717, 1.165) is 114 Å². The first kappa shape index (κ1) is 41.8. The van der Waals surface area contributed by atoms with Crippen LogP contribution in [0.1, 0.15) is 0 Å². The van der Waals surface area contributed by atoms with Gasteiger partial charge in [-0.15, -0.1) is 0 Å². The molecule has 0 radical (unpaired) electrons. The lowest BCUT2D eigenvalue weighted by atomic mass is 9.31. The second kappa shape index (κ2) is 15.2. The molecule has 0 bridgehead atoms. The number of hydrogen-bond acceptors (Lipinski definition) is 10. The molecule has 0 aliphatic carbocycles. The minimum absolute atomic E-state index is 0.0930. The van der Waals surface area contributed by atoms with Crippen LogP contribution in [0.2, 0.25) is 0 Å². The summed E-state index contributed by atoms with van der Waals surface area (Å²) >= 11 is 3.77. The number of hydrogen-bond donors (Lipinski definition) is 0. The number of benzene rings is 11. The highest BCUT2D eigenvalue weighted by atomic mass is 32.2. The van der Waals surface area contributed by atoms with Gasteiger partial charge in [-0.3, -0.25) is 0 Å². The molecule has 8 heterocycles. The molecule has 0 saturated heterocycles. The molecule has 8 nitrogen and oxygen atoms in total. The lowest BCUT2D eigenvalue weighted by Gasteiger charge is -2.45. The summed E-state index contributed by atoms with van der Waals surface area (Å²) in [5.74, 6) is 6.65. The van der Waals surface area contributed by atoms with E-state index in [2.05, 4.69) is 214 Å². The van der Waals surface area contributed by atoms with E-state index < -0.39 is 0 Å². The molecule has 0 spiro atoms. The molecule has 0 saturated carbocycles. The van der Waals surface area contributed by atoms with Gasteiger partial charge in [-0.2, -0.15) is 0 Å². The number of para-hydroxylation sites is 14. The minimum atomic E-state index is -0.0930. The van der Waals surface area contributed by atoms with Crippen LogP contribution in [-0.4, -0.2) is 13.4 Å². The van der Waals surface area contributed by atoms with Crippen molar-refractivity contribution >= 4 is 138 Å². The van der Waals surface area contributed by atoms with Crippen LogP contribution in [0, 0.1) is 0 Å². The third-order valence-corrected chi connectivity index (χ3v) is 18.9. The van der Waals surface area contributed by atoms with Crippen molar-refractivity contribution in [1.29, 1.82) is 0 Å². The first-order valence-corrected chi connectivity index (χ1v) is 27.9. The quantitative estimate of drug-likeness (QED) is 0.157. The van der Waals surface area contributed by atoms with Crippen molar-refractivity contribution in [3.05, 3.63) is 218 Å². The molecule has 0 aromatic heterocycles. The smallest absolute Gasteiger partial charge is 0.249 e. The number of anilines is 12. The maximum atomic E-state index is 6.88. The standard InChI is InChI=1S/C66H36B2N4O4S2/c1-7-23-51-43(17-1)69(44-18-2-8-24-52(44)73-51)37-31-49-63-61(33-37)77-59-36-60-42(35-41(59)67(63)39-15-13-29-57-65(39)71(49)47-21-5-11-27-55(47)75-57)68-40-16-14-30-58-66(40)72(48-22-6-12-28-56(48)76-58)50-32-38(34-62(78-60)64(50)68)70-45-19-3-9-25-53(45)74-54-26-10-4-20-46(54)70/h1-36H. The predicted molar refractivity (Wildman–Crippen MR) is 316 cm³/mol. The molecule has 78 heavy (non-hydrogen) atoms. The summed E-state index contributed by atoms with van der Waals surface area (Å²) in [7, 11) is 0. The number of rotatable bonds is 2. The monoisotopic (exact) mass is 1030 g/mol. The van der Waals surface area contributed by atoms with Crippen molar-refractivity contribution in [1.82, 2.24) is 0 Å². The lowest BCUT2D eigenvalue weighted by molar-refractivity contribution is 0.476. The van der Waals surface area contributed by atoms with Gasteiger partial charge < -0.3 is 38.5 Å². The largest absolute Gasteiger partial charge is 0.453 e. The molecule has 0 atom stereocenters. The Hall–Kier alpha value is -9.35. The van der Waals surface area contributed by atoms with Gasteiger partial charge in [0.1, 0.15) is 0 Å². The molecule has 0 unspecified atom stereocenters. The Balaban J connectivity index is 0.857. The van der Waals surface area contributed by atoms with E-state index >= 15 is 0 Å². The zero-order chi connectivity index (χ0) is 50.5. The van der Waals surface area contributed by atoms with E-state index in [1.807, 2.05) is 47.8 Å². The predicted octanol–water partition coefficient (Wildman–Crippen LogP) is 14.6. The summed E-state index contributed by atoms with van der Waals surface area (Å²) < 4.78 is 26.9. The van der Waals surface area contributed by atoms with E-state index in [-0.39, 0.29) is 13.4 Å². The van der Waals surface area contributed by atoms with Gasteiger partial charge in [-0.25, -0.2) is 0 Å². The van der Waals surface area contributed by atoms with Crippen LogP contribution < -0.4 is 71.3 Å². The molecule has 8 aliphatic rings. The summed E-state index contributed by atoms with van der Waals surface area (Å²) in [6.07, 6.45) is 0. The molecule has 0 fully saturated rings. The Labute approximate surface area is 457 Å². The van der Waals surface area contributed by atoms with E-state index in [0.29, 0.717) is 0 Å². The summed E-state index contributed by atoms with van der Waals surface area (Å²) in [5, 5.41) is 0. The highest BCUT2D eigenvalue weighted by Gasteiger charge is 2.49. The highest BCUT2D eigenvalue weighted by molar-refractivity contribution is 8.01. The van der Waals surface area contributed by atoms with Crippen LogP contribution in [0.15, 0.2) is 238 Å². The first-order chi connectivity index (χ1) is 38.7. The van der Waals surface area contributed by atoms with Gasteiger partial charge in [0.15, 0.2) is 46.0 Å². The summed E-state index contributed by atoms with van der Waals surface area (Å²) in [6.45, 7) is -0.186. The van der Waals surface area contributed by atoms with Crippen molar-refractivity contribution in [3.8, 4) is 46.0 Å². The van der Waals surface area contributed by atoms with Gasteiger partial charge in [-0.1, -0.05) is 138 Å². The van der Waals surface area contributed by atoms with Gasteiger partial charge in [0.25, 0.3) is 0 Å². The van der Waals surface area contributed by atoms with Crippen molar-refractivity contribution < 1.29 is 18.9 Å². The molecule has 0 amide bonds. The Bertz CT molecular complexity index is 4200. The van der Waals surface area contributed by atoms with Gasteiger partial charge in [-0.05, 0) is 137 Å². The fraction of sp³-hybridized carbons (Fsp3) is 0. The summed E-state index contributed by atoms with van der Waals surface area (Å²) in [6, 6.07) is 78.3. The average Bonchev–Trinajstić information content (AvgIpc) is 3.66. The molecule has 8 aliphatic heterocycles. The second-order valence-electron chi connectivity index (χ2n) is 20.7. The third kappa shape index (κ3) is 5.49. The number of nitrogens with zero attached hydrogens (tertiary/aromatic N) is 4. The number of fused-ring (bicyclic) bond motifs is 16. The highest BCUT2D eigenvalue weighted by Crippen LogP contribution is 2.59. The molecule has 362 valence electrons. The van der Waals surface area contributed by atoms with Gasteiger partial charge in [0, 0.05) is 42.3 Å². The Morgan fingerprint density at radius 1 is 0.256 bits per heavy atom. The molecule has 19 rings (SSSR count). The van der Waals surface area contributed by atoms with Crippen molar-refractivity contribution in [2.75, 3.05) is 19.6 Å². The van der Waals surface area contributed by atoms with Gasteiger partial charge in [0.05, 0.1) is 45.5 Å². The van der Waals surface area contributed by atoms with Crippen molar-refractivity contribution in [2.45, 2.75) is 19.6 Å². The van der Waals surface area contributed by atoms with Crippen LogP contribution in [-0.2, 0) is 0 Å². The zero-order valence-electron chi connectivity index (χ0n) is 41.2. The van der Waals surface area contributed by atoms with Crippen LogP contribution >= 0.6 is 23.5 Å². The van der Waals surface area contributed by atoms with Gasteiger partial charge in [0.2, 0.25) is 13.4 Å². The Morgan fingerprint density at radius 3 is 0.949 bits per heavy atom. The average molecular weight is 1030 g/mol.